The van der Waals surface area contributed by atoms with Crippen molar-refractivity contribution in [3.63, 3.8) is 0 Å². The molecule has 10 nitrogen and oxygen atoms in total. The summed E-state index contributed by atoms with van der Waals surface area (Å²) in [6.45, 7) is 8.55. The van der Waals surface area contributed by atoms with Gasteiger partial charge in [0.1, 0.15) is 12.1 Å². The Bertz CT molecular complexity index is 1330. The molecule has 1 aromatic carbocycles. The van der Waals surface area contributed by atoms with Crippen LogP contribution in [0.1, 0.15) is 96.2 Å². The van der Waals surface area contributed by atoms with Crippen molar-refractivity contribution in [2.24, 2.45) is 11.3 Å². The predicted molar refractivity (Wildman–Crippen MR) is 180 cm³/mol. The zero-order valence-corrected chi connectivity index (χ0v) is 28.6. The first kappa shape index (κ1) is 35.5. The number of benzene rings is 1. The van der Waals surface area contributed by atoms with E-state index in [0.717, 1.165) is 60.2 Å². The Morgan fingerprint density at radius 1 is 1.00 bits per heavy atom. The number of rotatable bonds is 13. The van der Waals surface area contributed by atoms with Gasteiger partial charge in [0.15, 0.2) is 0 Å². The van der Waals surface area contributed by atoms with Crippen molar-refractivity contribution in [3.8, 4) is 10.4 Å². The molecule has 2 heterocycles. The molecule has 0 radical (unpaired) electrons. The van der Waals surface area contributed by atoms with Crippen LogP contribution in [-0.4, -0.2) is 69.9 Å². The lowest BCUT2D eigenvalue weighted by atomic mass is 9.85. The van der Waals surface area contributed by atoms with E-state index in [9.17, 15) is 24.3 Å². The molecular formula is C35H51N5O5S. The van der Waals surface area contributed by atoms with E-state index in [0.29, 0.717) is 19.5 Å². The van der Waals surface area contributed by atoms with E-state index in [1.54, 1.807) is 11.3 Å². The highest BCUT2D eigenvalue weighted by atomic mass is 32.1. The monoisotopic (exact) mass is 653 g/mol. The van der Waals surface area contributed by atoms with Crippen LogP contribution >= 0.6 is 11.3 Å². The lowest BCUT2D eigenvalue weighted by Crippen LogP contribution is -2.57. The largest absolute Gasteiger partial charge is 0.391 e. The van der Waals surface area contributed by atoms with E-state index in [-0.39, 0.29) is 48.9 Å². The van der Waals surface area contributed by atoms with E-state index in [2.05, 4.69) is 20.9 Å². The molecule has 0 spiro atoms. The first-order valence-corrected chi connectivity index (χ1v) is 17.6. The minimum absolute atomic E-state index is 0.0366. The number of unbranched alkanes of at least 4 members (excludes halogenated alkanes) is 2. The average molecular weight is 654 g/mol. The highest BCUT2D eigenvalue weighted by Crippen LogP contribution is 2.28. The summed E-state index contributed by atoms with van der Waals surface area (Å²) < 4.78 is 0. The Kier molecular flexibility index (Phi) is 12.7. The van der Waals surface area contributed by atoms with Gasteiger partial charge >= 0.3 is 0 Å². The van der Waals surface area contributed by atoms with Gasteiger partial charge in [-0.25, -0.2) is 4.98 Å². The summed E-state index contributed by atoms with van der Waals surface area (Å²) in [6.07, 6.45) is 7.25. The number of aromatic nitrogens is 1. The Morgan fingerprint density at radius 2 is 1.72 bits per heavy atom. The third kappa shape index (κ3) is 9.84. The van der Waals surface area contributed by atoms with Crippen molar-refractivity contribution >= 4 is 35.0 Å². The summed E-state index contributed by atoms with van der Waals surface area (Å²) >= 11 is 1.58. The predicted octanol–water partition coefficient (Wildman–Crippen LogP) is 4.48. The fourth-order valence-electron chi connectivity index (χ4n) is 6.32. The summed E-state index contributed by atoms with van der Waals surface area (Å²) in [7, 11) is 0. The number of amides is 4. The minimum Gasteiger partial charge on any atom is -0.391 e. The normalized spacial score (nSPS) is 19.5. The van der Waals surface area contributed by atoms with Crippen molar-refractivity contribution in [2.75, 3.05) is 13.1 Å². The van der Waals surface area contributed by atoms with Gasteiger partial charge in [-0.3, -0.25) is 19.2 Å². The molecule has 11 heteroatoms. The maximum atomic E-state index is 13.8. The molecule has 3 atom stereocenters. The minimum atomic E-state index is -0.849. The summed E-state index contributed by atoms with van der Waals surface area (Å²) in [5.74, 6) is -0.628. The molecule has 46 heavy (non-hydrogen) atoms. The highest BCUT2D eigenvalue weighted by Gasteiger charge is 2.44. The number of carbonyl (C=O) groups is 4. The Hall–Kier alpha value is -3.31. The molecule has 2 aromatic rings. The second-order valence-corrected chi connectivity index (χ2v) is 14.7. The number of likely N-dealkylation sites (tertiary alicyclic amines) is 1. The van der Waals surface area contributed by atoms with Crippen LogP contribution in [0.25, 0.3) is 10.4 Å². The van der Waals surface area contributed by atoms with Crippen LogP contribution < -0.4 is 16.0 Å². The molecule has 4 amide bonds. The number of β-amino-alcohol motifs (C(OH)–C–C–N with tert-alkyl or cyclic N) is 1. The van der Waals surface area contributed by atoms with Crippen molar-refractivity contribution < 1.29 is 24.3 Å². The number of carbonyl (C=O) groups excluding carboxylic acids is 4. The number of aliphatic hydroxyl groups excluding tert-OH is 1. The molecule has 2 fully saturated rings. The Morgan fingerprint density at radius 3 is 2.37 bits per heavy atom. The molecule has 0 unspecified atom stereocenters. The van der Waals surface area contributed by atoms with Crippen LogP contribution in [0.5, 0.6) is 0 Å². The van der Waals surface area contributed by atoms with E-state index in [1.807, 2.05) is 57.5 Å². The van der Waals surface area contributed by atoms with Gasteiger partial charge in [-0.1, -0.05) is 70.7 Å². The van der Waals surface area contributed by atoms with Crippen LogP contribution in [0.3, 0.4) is 0 Å². The Labute approximate surface area is 277 Å². The first-order valence-electron chi connectivity index (χ1n) is 16.8. The van der Waals surface area contributed by atoms with Gasteiger partial charge in [0, 0.05) is 38.4 Å². The van der Waals surface area contributed by atoms with Crippen LogP contribution in [-0.2, 0) is 25.7 Å². The van der Waals surface area contributed by atoms with Crippen molar-refractivity contribution in [1.29, 1.82) is 0 Å². The molecule has 2 aliphatic rings. The van der Waals surface area contributed by atoms with Gasteiger partial charge in [-0.15, -0.1) is 11.3 Å². The second kappa shape index (κ2) is 16.5. The van der Waals surface area contributed by atoms with Gasteiger partial charge in [0.2, 0.25) is 23.6 Å². The molecule has 1 saturated heterocycles. The second-order valence-electron chi connectivity index (χ2n) is 13.9. The molecule has 1 aliphatic carbocycles. The first-order chi connectivity index (χ1) is 21.9. The molecule has 1 aliphatic heterocycles. The average Bonchev–Trinajstić information content (AvgIpc) is 3.65. The summed E-state index contributed by atoms with van der Waals surface area (Å²) in [6, 6.07) is 6.25. The summed E-state index contributed by atoms with van der Waals surface area (Å²) in [5, 5.41) is 19.4. The van der Waals surface area contributed by atoms with Crippen molar-refractivity contribution in [2.45, 2.75) is 117 Å². The van der Waals surface area contributed by atoms with Crippen LogP contribution in [0.4, 0.5) is 0 Å². The number of nitrogens with zero attached hydrogens (tertiary/aromatic N) is 2. The van der Waals surface area contributed by atoms with Gasteiger partial charge in [0.05, 0.1) is 22.2 Å². The molecule has 4 N–H and O–H groups in total. The number of nitrogens with one attached hydrogen (secondary N) is 3. The quantitative estimate of drug-likeness (QED) is 0.235. The van der Waals surface area contributed by atoms with Crippen LogP contribution in [0.15, 0.2) is 29.8 Å². The lowest BCUT2D eigenvalue weighted by molar-refractivity contribution is -0.144. The fourth-order valence-corrected chi connectivity index (χ4v) is 7.13. The van der Waals surface area contributed by atoms with Crippen molar-refractivity contribution in [3.05, 3.63) is 41.0 Å². The van der Waals surface area contributed by atoms with Gasteiger partial charge in [-0.2, -0.15) is 0 Å². The van der Waals surface area contributed by atoms with Gasteiger partial charge < -0.3 is 26.0 Å². The number of thiazole rings is 1. The zero-order chi connectivity index (χ0) is 33.3. The SMILES string of the molecule is Cc1ncsc1-c1ccc(CNC(=O)[C@@H]2C[C@@H](O)CN2C(=O)[C@@H](NC(=O)CCCCCNC(=O)C2CCCCC2)C(C)(C)C)cc1. The maximum Gasteiger partial charge on any atom is 0.246 e. The third-order valence-corrected chi connectivity index (χ3v) is 10.0. The third-order valence-electron chi connectivity index (χ3n) is 9.07. The smallest absolute Gasteiger partial charge is 0.246 e. The van der Waals surface area contributed by atoms with E-state index in [4.69, 9.17) is 0 Å². The standard InChI is InChI=1S/C35H51N5O5S/c1-23-30(46-22-38-23)25-16-14-24(15-17-25)20-37-33(44)28-19-27(41)21-40(28)34(45)31(35(2,3)4)39-29(42)13-9-6-10-18-36-32(43)26-11-7-5-8-12-26/h14-17,22,26-28,31,41H,5-13,18-21H2,1-4H3,(H,36,43)(H,37,44)(H,39,42)/t27-,28+,31-/m1/s1. The van der Waals surface area contributed by atoms with Gasteiger partial charge in [0.25, 0.3) is 0 Å². The lowest BCUT2D eigenvalue weighted by Gasteiger charge is -2.35. The molecular weight excluding hydrogens is 602 g/mol. The topological polar surface area (TPSA) is 141 Å². The molecule has 4 rings (SSSR count). The molecule has 0 bridgehead atoms. The maximum absolute atomic E-state index is 13.8. The van der Waals surface area contributed by atoms with E-state index < -0.39 is 23.6 Å². The number of hydrogen-bond donors (Lipinski definition) is 4. The van der Waals surface area contributed by atoms with Gasteiger partial charge in [-0.05, 0) is 49.1 Å². The van der Waals surface area contributed by atoms with E-state index in [1.165, 1.54) is 11.3 Å². The van der Waals surface area contributed by atoms with E-state index >= 15 is 0 Å². The zero-order valence-electron chi connectivity index (χ0n) is 27.8. The summed E-state index contributed by atoms with van der Waals surface area (Å²) in [4.78, 5) is 59.2. The number of aryl methyl sites for hydroxylation is 1. The van der Waals surface area contributed by atoms with Crippen LogP contribution in [0, 0.1) is 18.3 Å². The molecule has 1 saturated carbocycles. The fraction of sp³-hybridized carbons (Fsp3) is 0.629. The number of hydrogen-bond acceptors (Lipinski definition) is 7. The summed E-state index contributed by atoms with van der Waals surface area (Å²) in [5.41, 5.74) is 4.18. The Balaban J connectivity index is 1.25. The van der Waals surface area contributed by atoms with Crippen molar-refractivity contribution in [1.82, 2.24) is 25.8 Å². The molecule has 1 aromatic heterocycles. The van der Waals surface area contributed by atoms with Crippen LogP contribution in [0.2, 0.25) is 0 Å². The number of aliphatic hydroxyl groups is 1. The molecule has 252 valence electrons. The highest BCUT2D eigenvalue weighted by molar-refractivity contribution is 7.13.